The van der Waals surface area contributed by atoms with Crippen molar-refractivity contribution < 1.29 is 4.21 Å². The third-order valence-corrected chi connectivity index (χ3v) is 4.87. The lowest BCUT2D eigenvalue weighted by Crippen LogP contribution is -2.39. The van der Waals surface area contributed by atoms with E-state index >= 15 is 0 Å². The minimum atomic E-state index is -0.665. The van der Waals surface area contributed by atoms with E-state index in [4.69, 9.17) is 5.73 Å². The number of aromatic nitrogens is 2. The highest BCUT2D eigenvalue weighted by Crippen LogP contribution is 2.39. The molecule has 0 amide bonds. The van der Waals surface area contributed by atoms with Gasteiger partial charge in [0.15, 0.2) is 0 Å². The smallest absolute Gasteiger partial charge is 0.137 e. The van der Waals surface area contributed by atoms with E-state index in [1.54, 1.807) is 0 Å². The van der Waals surface area contributed by atoms with Crippen LogP contribution < -0.4 is 10.6 Å². The van der Waals surface area contributed by atoms with Crippen molar-refractivity contribution in [2.24, 2.45) is 0 Å². The predicted molar refractivity (Wildman–Crippen MR) is 73.2 cm³/mol. The van der Waals surface area contributed by atoms with E-state index < -0.39 is 10.8 Å². The summed E-state index contributed by atoms with van der Waals surface area (Å²) in [5, 5.41) is 0. The number of anilines is 2. The van der Waals surface area contributed by atoms with Gasteiger partial charge >= 0.3 is 0 Å². The first-order chi connectivity index (χ1) is 8.65. The highest BCUT2D eigenvalue weighted by atomic mass is 32.2. The molecule has 2 N–H and O–H groups in total. The van der Waals surface area contributed by atoms with Gasteiger partial charge in [0.25, 0.3) is 0 Å². The summed E-state index contributed by atoms with van der Waals surface area (Å²) in [6.07, 6.45) is 2.35. The zero-order valence-corrected chi connectivity index (χ0v) is 11.4. The van der Waals surface area contributed by atoms with Crippen LogP contribution in [0, 0.1) is 6.92 Å². The fourth-order valence-electron chi connectivity index (χ4n) is 2.22. The fraction of sp³-hybridized carbons (Fsp3) is 0.667. The lowest BCUT2D eigenvalue weighted by Gasteiger charge is -2.29. The Labute approximate surface area is 109 Å². The van der Waals surface area contributed by atoms with Gasteiger partial charge in [-0.15, -0.1) is 0 Å². The van der Waals surface area contributed by atoms with E-state index in [0.717, 1.165) is 41.8 Å². The number of rotatable bonds is 2. The molecular formula is C12H18N4OS. The molecule has 1 aromatic rings. The monoisotopic (exact) mass is 266 g/mol. The molecular weight excluding hydrogens is 248 g/mol. The maximum atomic E-state index is 11.4. The summed E-state index contributed by atoms with van der Waals surface area (Å²) >= 11 is 0. The Morgan fingerprint density at radius 3 is 2.56 bits per heavy atom. The van der Waals surface area contributed by atoms with Crippen molar-refractivity contribution in [3.63, 3.8) is 0 Å². The highest BCUT2D eigenvalue weighted by Gasteiger charge is 2.29. The first-order valence-electron chi connectivity index (χ1n) is 6.39. The third-order valence-electron chi connectivity index (χ3n) is 3.59. The third kappa shape index (κ3) is 2.21. The minimum absolute atomic E-state index is 0.505. The van der Waals surface area contributed by atoms with E-state index in [2.05, 4.69) is 14.9 Å². The van der Waals surface area contributed by atoms with Crippen LogP contribution in [0.1, 0.15) is 30.1 Å². The molecule has 2 heterocycles. The lowest BCUT2D eigenvalue weighted by atomic mass is 10.2. The molecule has 18 heavy (non-hydrogen) atoms. The second-order valence-corrected chi connectivity index (χ2v) is 6.72. The molecule has 1 saturated heterocycles. The molecule has 5 nitrogen and oxygen atoms in total. The first kappa shape index (κ1) is 11.9. The molecule has 98 valence electrons. The molecule has 2 aliphatic rings. The normalized spacial score (nSPS) is 21.3. The average Bonchev–Trinajstić information content (AvgIpc) is 3.18. The molecule has 1 saturated carbocycles. The van der Waals surface area contributed by atoms with Gasteiger partial charge in [0.05, 0.1) is 0 Å². The van der Waals surface area contributed by atoms with Crippen molar-refractivity contribution in [1.82, 2.24) is 9.97 Å². The number of nitrogens with zero attached hydrogens (tertiary/aromatic N) is 3. The molecule has 0 atom stereocenters. The first-order valence-corrected chi connectivity index (χ1v) is 7.88. The number of nitrogen functional groups attached to an aromatic ring is 1. The largest absolute Gasteiger partial charge is 0.383 e. The summed E-state index contributed by atoms with van der Waals surface area (Å²) in [6, 6.07) is 0. The van der Waals surface area contributed by atoms with Crippen LogP contribution in [0.4, 0.5) is 11.6 Å². The maximum absolute atomic E-state index is 11.4. The second-order valence-electron chi connectivity index (χ2n) is 5.03. The Morgan fingerprint density at radius 1 is 1.28 bits per heavy atom. The van der Waals surface area contributed by atoms with Crippen LogP contribution in [-0.2, 0) is 10.8 Å². The summed E-state index contributed by atoms with van der Waals surface area (Å²) in [6.45, 7) is 3.56. The molecule has 3 rings (SSSR count). The number of hydrogen-bond donors (Lipinski definition) is 1. The van der Waals surface area contributed by atoms with Crippen LogP contribution in [-0.4, -0.2) is 38.8 Å². The Hall–Kier alpha value is -1.17. The Morgan fingerprint density at radius 2 is 1.94 bits per heavy atom. The van der Waals surface area contributed by atoms with Crippen molar-refractivity contribution in [2.45, 2.75) is 25.7 Å². The van der Waals surface area contributed by atoms with Crippen molar-refractivity contribution in [1.29, 1.82) is 0 Å². The molecule has 2 fully saturated rings. The lowest BCUT2D eigenvalue weighted by molar-refractivity contribution is 0.671. The molecule has 1 aliphatic carbocycles. The van der Waals surface area contributed by atoms with Gasteiger partial charge in [-0.3, -0.25) is 4.21 Å². The van der Waals surface area contributed by atoms with Crippen LogP contribution in [0.25, 0.3) is 0 Å². The maximum Gasteiger partial charge on any atom is 0.137 e. The quantitative estimate of drug-likeness (QED) is 0.857. The predicted octanol–water partition coefficient (Wildman–Crippen LogP) is 0.813. The van der Waals surface area contributed by atoms with Gasteiger partial charge in [0.2, 0.25) is 0 Å². The SMILES string of the molecule is Cc1c(N)nc(C2CC2)nc1N1CCS(=O)CC1. The molecule has 1 aromatic heterocycles. The van der Waals surface area contributed by atoms with Crippen LogP contribution in [0.5, 0.6) is 0 Å². The van der Waals surface area contributed by atoms with Crippen molar-refractivity contribution in [3.8, 4) is 0 Å². The standard InChI is InChI=1S/C12H18N4OS/c1-8-10(13)14-11(9-2-3-9)15-12(8)16-4-6-18(17)7-5-16/h9H,2-7H2,1H3,(H2,13,14,15). The molecule has 6 heteroatoms. The van der Waals surface area contributed by atoms with Crippen LogP contribution in [0.15, 0.2) is 0 Å². The highest BCUT2D eigenvalue weighted by molar-refractivity contribution is 7.85. The Bertz CT molecular complexity index is 491. The zero-order valence-electron chi connectivity index (χ0n) is 10.6. The van der Waals surface area contributed by atoms with Crippen molar-refractivity contribution >= 4 is 22.4 Å². The molecule has 0 spiro atoms. The van der Waals surface area contributed by atoms with Crippen LogP contribution >= 0.6 is 0 Å². The van der Waals surface area contributed by atoms with E-state index in [1.807, 2.05) is 6.92 Å². The van der Waals surface area contributed by atoms with Gasteiger partial charge in [0.1, 0.15) is 17.5 Å². The zero-order chi connectivity index (χ0) is 12.7. The Balaban J connectivity index is 1.92. The minimum Gasteiger partial charge on any atom is -0.383 e. The summed E-state index contributed by atoms with van der Waals surface area (Å²) in [4.78, 5) is 11.3. The topological polar surface area (TPSA) is 72.1 Å². The molecule has 0 radical (unpaired) electrons. The van der Waals surface area contributed by atoms with Crippen LogP contribution in [0.3, 0.4) is 0 Å². The average molecular weight is 266 g/mol. The fourth-order valence-corrected chi connectivity index (χ4v) is 3.27. The van der Waals surface area contributed by atoms with Gasteiger partial charge < -0.3 is 10.6 Å². The summed E-state index contributed by atoms with van der Waals surface area (Å²) in [5.74, 6) is 4.38. The van der Waals surface area contributed by atoms with Gasteiger partial charge in [-0.1, -0.05) is 0 Å². The van der Waals surface area contributed by atoms with Gasteiger partial charge in [-0.25, -0.2) is 9.97 Å². The number of nitrogens with two attached hydrogens (primary N) is 1. The summed E-state index contributed by atoms with van der Waals surface area (Å²) < 4.78 is 11.4. The van der Waals surface area contributed by atoms with Crippen molar-refractivity contribution in [3.05, 3.63) is 11.4 Å². The van der Waals surface area contributed by atoms with Gasteiger partial charge in [0, 0.05) is 46.9 Å². The van der Waals surface area contributed by atoms with Gasteiger partial charge in [-0.05, 0) is 19.8 Å². The van der Waals surface area contributed by atoms with Crippen LogP contribution in [0.2, 0.25) is 0 Å². The van der Waals surface area contributed by atoms with E-state index in [1.165, 1.54) is 12.8 Å². The van der Waals surface area contributed by atoms with E-state index in [9.17, 15) is 4.21 Å². The van der Waals surface area contributed by atoms with Crippen molar-refractivity contribution in [2.75, 3.05) is 35.2 Å². The molecule has 0 bridgehead atoms. The van der Waals surface area contributed by atoms with E-state index in [0.29, 0.717) is 11.7 Å². The number of hydrogen-bond acceptors (Lipinski definition) is 5. The molecule has 1 aliphatic heterocycles. The van der Waals surface area contributed by atoms with E-state index in [-0.39, 0.29) is 0 Å². The van der Waals surface area contributed by atoms with Gasteiger partial charge in [-0.2, -0.15) is 0 Å². The second kappa shape index (κ2) is 4.50. The summed E-state index contributed by atoms with van der Waals surface area (Å²) in [7, 11) is -0.665. The molecule has 0 aromatic carbocycles. The molecule has 0 unspecified atom stereocenters. The summed E-state index contributed by atoms with van der Waals surface area (Å²) in [5.41, 5.74) is 6.93. The Kier molecular flexibility index (Phi) is 2.97.